The molecule has 10 heteroatoms. The second-order valence-corrected chi connectivity index (χ2v) is 15.2. The first-order chi connectivity index (χ1) is 17.4. The van der Waals surface area contributed by atoms with Crippen molar-refractivity contribution < 1.29 is 38.9 Å². The molecule has 10 nitrogen and oxygen atoms in total. The van der Waals surface area contributed by atoms with Gasteiger partial charge in [0.1, 0.15) is 19.5 Å². The van der Waals surface area contributed by atoms with E-state index in [9.17, 15) is 15.0 Å². The van der Waals surface area contributed by atoms with Crippen LogP contribution in [0, 0.1) is 0 Å². The molecule has 2 rings (SSSR count). The predicted molar refractivity (Wildman–Crippen MR) is 149 cm³/mol. The van der Waals surface area contributed by atoms with Crippen molar-refractivity contribution in [3.8, 4) is 0 Å². The maximum absolute atomic E-state index is 12.6. The Labute approximate surface area is 236 Å². The quantitative estimate of drug-likeness (QED) is 0.207. The Hall–Kier alpha value is -0.850. The summed E-state index contributed by atoms with van der Waals surface area (Å²) in [5, 5.41) is 24.1. The molecule has 0 saturated carbocycles. The van der Waals surface area contributed by atoms with Crippen LogP contribution in [0.1, 0.15) is 109 Å². The minimum atomic E-state index is -0.942. The predicted octanol–water partition coefficient (Wildman–Crippen LogP) is 3.97. The number of esters is 1. The number of carbonyl (C=O) groups excluding carboxylic acids is 1. The maximum Gasteiger partial charge on any atom is 0.332 e. The molecule has 0 bridgehead atoms. The van der Waals surface area contributed by atoms with Gasteiger partial charge in [-0.05, 0) is 95.9 Å². The number of hydrogen-bond donors (Lipinski definition) is 2. The lowest BCUT2D eigenvalue weighted by Crippen LogP contribution is -2.62. The van der Waals surface area contributed by atoms with Crippen LogP contribution in [-0.4, -0.2) is 98.5 Å². The number of nitrogens with zero attached hydrogens (tertiary/aromatic N) is 2. The Morgan fingerprint density at radius 3 is 1.44 bits per heavy atom. The molecule has 0 unspecified atom stereocenters. The summed E-state index contributed by atoms with van der Waals surface area (Å²) in [5.74, 6) is -0.420. The molecule has 0 amide bonds. The van der Waals surface area contributed by atoms with Crippen LogP contribution in [0.3, 0.4) is 0 Å². The van der Waals surface area contributed by atoms with E-state index in [1.165, 1.54) is 0 Å². The molecule has 0 aromatic carbocycles. The molecule has 2 aliphatic rings. The van der Waals surface area contributed by atoms with E-state index in [4.69, 9.17) is 23.9 Å². The van der Waals surface area contributed by atoms with Crippen molar-refractivity contribution in [2.75, 3.05) is 26.6 Å². The molecular weight excluding hydrogens is 504 g/mol. The lowest BCUT2D eigenvalue weighted by Gasteiger charge is -2.54. The van der Waals surface area contributed by atoms with Crippen LogP contribution in [0.25, 0.3) is 0 Å². The monoisotopic (exact) mass is 560 g/mol. The van der Waals surface area contributed by atoms with E-state index in [0.29, 0.717) is 25.7 Å². The van der Waals surface area contributed by atoms with E-state index in [-0.39, 0.29) is 49.9 Å². The van der Waals surface area contributed by atoms with Crippen molar-refractivity contribution in [3.63, 3.8) is 0 Å². The molecule has 0 radical (unpaired) electrons. The fourth-order valence-electron chi connectivity index (χ4n) is 6.18. The van der Waals surface area contributed by atoms with Crippen LogP contribution >= 0.6 is 0 Å². The van der Waals surface area contributed by atoms with Crippen molar-refractivity contribution in [1.29, 1.82) is 0 Å². The molecule has 2 fully saturated rings. The molecular formula is C29H56N2O8. The van der Waals surface area contributed by atoms with Crippen LogP contribution in [-0.2, 0) is 28.7 Å². The molecule has 0 aliphatic carbocycles. The van der Waals surface area contributed by atoms with Gasteiger partial charge in [-0.3, -0.25) is 9.68 Å². The van der Waals surface area contributed by atoms with Crippen molar-refractivity contribution in [1.82, 2.24) is 10.1 Å². The summed E-state index contributed by atoms with van der Waals surface area (Å²) in [4.78, 5) is 24.6. The first-order valence-corrected chi connectivity index (χ1v) is 14.1. The summed E-state index contributed by atoms with van der Waals surface area (Å²) >= 11 is 0. The second-order valence-electron chi connectivity index (χ2n) is 15.2. The van der Waals surface area contributed by atoms with Gasteiger partial charge in [0.05, 0.1) is 30.5 Å². The normalized spacial score (nSPS) is 24.6. The lowest BCUT2D eigenvalue weighted by molar-refractivity contribution is -0.311. The fraction of sp³-hybridized carbons (Fsp3) is 0.966. The number of piperidine rings is 2. The number of carbonyl (C=O) groups is 1. The highest BCUT2D eigenvalue weighted by Gasteiger charge is 2.49. The summed E-state index contributed by atoms with van der Waals surface area (Å²) in [7, 11) is 0. The molecule has 39 heavy (non-hydrogen) atoms. The van der Waals surface area contributed by atoms with E-state index in [2.05, 4.69) is 27.7 Å². The molecule has 0 atom stereocenters. The summed E-state index contributed by atoms with van der Waals surface area (Å²) in [5.41, 5.74) is -3.29. The highest BCUT2D eigenvalue weighted by atomic mass is 16.7. The average Bonchev–Trinajstić information content (AvgIpc) is 2.65. The third kappa shape index (κ3) is 10.5. The smallest absolute Gasteiger partial charge is 0.332 e. The second kappa shape index (κ2) is 12.2. The Morgan fingerprint density at radius 2 is 1.08 bits per heavy atom. The topological polar surface area (TPSA) is 110 Å². The van der Waals surface area contributed by atoms with Gasteiger partial charge in [-0.25, -0.2) is 4.79 Å². The third-order valence-electron chi connectivity index (χ3n) is 7.11. The number of aliphatic hydroxyl groups is 2. The van der Waals surface area contributed by atoms with Crippen LogP contribution in [0.2, 0.25) is 0 Å². The van der Waals surface area contributed by atoms with Gasteiger partial charge >= 0.3 is 5.97 Å². The minimum Gasteiger partial charge on any atom is -0.461 e. The molecule has 0 aromatic rings. The molecule has 2 N–H and O–H groups in total. The zero-order chi connectivity index (χ0) is 30.1. The maximum atomic E-state index is 12.6. The van der Waals surface area contributed by atoms with Crippen molar-refractivity contribution in [2.24, 2.45) is 0 Å². The number of hydroxylamine groups is 4. The fourth-order valence-corrected chi connectivity index (χ4v) is 6.18. The van der Waals surface area contributed by atoms with Gasteiger partial charge in [0.15, 0.2) is 0 Å². The summed E-state index contributed by atoms with van der Waals surface area (Å²) < 4.78 is 17.4. The summed E-state index contributed by atoms with van der Waals surface area (Å²) in [6.07, 6.45) is 2.29. The van der Waals surface area contributed by atoms with Gasteiger partial charge in [-0.2, -0.15) is 10.1 Å². The number of rotatable bonds is 12. The Kier molecular flexibility index (Phi) is 10.7. The lowest BCUT2D eigenvalue weighted by atomic mass is 9.80. The number of ether oxygens (including phenoxy) is 3. The first-order valence-electron chi connectivity index (χ1n) is 14.1. The molecule has 2 saturated heterocycles. The summed E-state index contributed by atoms with van der Waals surface area (Å²) in [6.45, 7) is 23.6. The van der Waals surface area contributed by atoms with Gasteiger partial charge in [0.2, 0.25) is 0 Å². The van der Waals surface area contributed by atoms with E-state index in [1.54, 1.807) is 27.7 Å². The van der Waals surface area contributed by atoms with Crippen LogP contribution in [0.4, 0.5) is 0 Å². The Bertz CT molecular complexity index is 777. The zero-order valence-electron chi connectivity index (χ0n) is 26.5. The Morgan fingerprint density at radius 1 is 0.718 bits per heavy atom. The number of hydrogen-bond acceptors (Lipinski definition) is 10. The molecule has 230 valence electrons. The van der Waals surface area contributed by atoms with E-state index in [0.717, 1.165) is 0 Å². The standard InChI is InChI=1S/C29H56N2O8/c1-24(2)13-21(14-25(3,4)30(24)37-18-28(9,10)33)36-20-35-17-23(32)39-22-15-26(5,6)31(27(7,8)16-22)38-19-29(11,12)34/h21-22,33-34H,13-20H2,1-12H3. The van der Waals surface area contributed by atoms with Gasteiger partial charge in [-0.15, -0.1) is 0 Å². The van der Waals surface area contributed by atoms with Gasteiger partial charge < -0.3 is 24.4 Å². The third-order valence-corrected chi connectivity index (χ3v) is 7.11. The molecule has 2 heterocycles. The summed E-state index contributed by atoms with van der Waals surface area (Å²) in [6, 6.07) is 0. The van der Waals surface area contributed by atoms with E-state index >= 15 is 0 Å². The largest absolute Gasteiger partial charge is 0.461 e. The van der Waals surface area contributed by atoms with Crippen molar-refractivity contribution in [3.05, 3.63) is 0 Å². The van der Waals surface area contributed by atoms with Crippen molar-refractivity contribution >= 4 is 5.97 Å². The zero-order valence-corrected chi connectivity index (χ0v) is 26.5. The molecule has 2 aliphatic heterocycles. The molecule has 0 aromatic heterocycles. The van der Waals surface area contributed by atoms with E-state index < -0.39 is 28.2 Å². The van der Waals surface area contributed by atoms with Crippen LogP contribution in [0.15, 0.2) is 0 Å². The highest BCUT2D eigenvalue weighted by molar-refractivity contribution is 5.70. The highest BCUT2D eigenvalue weighted by Crippen LogP contribution is 2.41. The van der Waals surface area contributed by atoms with Crippen LogP contribution < -0.4 is 0 Å². The average molecular weight is 561 g/mol. The minimum absolute atomic E-state index is 0.00330. The van der Waals surface area contributed by atoms with Gasteiger partial charge in [-0.1, -0.05) is 0 Å². The van der Waals surface area contributed by atoms with E-state index in [1.807, 2.05) is 37.8 Å². The van der Waals surface area contributed by atoms with Crippen molar-refractivity contribution in [2.45, 2.75) is 154 Å². The Balaban J connectivity index is 1.82. The van der Waals surface area contributed by atoms with Crippen LogP contribution in [0.5, 0.6) is 0 Å². The molecule has 0 spiro atoms. The SMILES string of the molecule is CC(C)(O)CON1C(C)(C)CC(OCOCC(=O)OC2CC(C)(C)N(OCC(C)(C)O)C(C)(C)C2)CC1(C)C. The van der Waals surface area contributed by atoms with Gasteiger partial charge in [0.25, 0.3) is 0 Å². The first kappa shape index (κ1) is 34.4. The van der Waals surface area contributed by atoms with Gasteiger partial charge in [0, 0.05) is 35.0 Å².